The Morgan fingerprint density at radius 3 is 1.39 bits per heavy atom. The number of fused-ring (bicyclic) bond motifs is 2. The van der Waals surface area contributed by atoms with E-state index >= 15 is 0 Å². The molecule has 0 bridgehead atoms. The van der Waals surface area contributed by atoms with Crippen LogP contribution in [0.15, 0.2) is 36.4 Å². The Bertz CT molecular complexity index is 1280. The monoisotopic (exact) mass is 640 g/mol. The maximum Gasteiger partial charge on any atom is 0.320 e. The van der Waals surface area contributed by atoms with Crippen LogP contribution in [0.4, 0.5) is 0 Å². The van der Waals surface area contributed by atoms with Gasteiger partial charge in [-0.15, -0.1) is 0 Å². The van der Waals surface area contributed by atoms with Gasteiger partial charge in [-0.2, -0.15) is 0 Å². The van der Waals surface area contributed by atoms with Crippen molar-refractivity contribution in [3.05, 3.63) is 58.7 Å². The number of ether oxygens (including phenoxy) is 6. The summed E-state index contributed by atoms with van der Waals surface area (Å²) in [5.41, 5.74) is 2.58. The van der Waals surface area contributed by atoms with Gasteiger partial charge in [-0.3, -0.25) is 19.4 Å². The van der Waals surface area contributed by atoms with Crippen molar-refractivity contribution in [3.63, 3.8) is 0 Å². The molecule has 0 aromatic heterocycles. The number of rotatable bonds is 11. The zero-order valence-corrected chi connectivity index (χ0v) is 29.3. The van der Waals surface area contributed by atoms with E-state index < -0.39 is 22.8 Å². The second kappa shape index (κ2) is 13.9. The number of esters is 2. The fourth-order valence-electron chi connectivity index (χ4n) is 5.37. The summed E-state index contributed by atoms with van der Waals surface area (Å²) in [6.45, 7) is 21.5. The fraction of sp³-hybridized carbons (Fsp3) is 0.611. The Balaban J connectivity index is 1.59. The SMILES string of the molecule is CC(C)(C)OC(=O)CN(CCN(CC(=O)OC(C)(C)C)Cc1cccc2c1OC(C)(C)OC2)Cc1cccc2c1OC(C)(C)OC2. The van der Waals surface area contributed by atoms with Crippen LogP contribution in [0.5, 0.6) is 11.5 Å². The summed E-state index contributed by atoms with van der Waals surface area (Å²) < 4.78 is 35.6. The minimum atomic E-state index is -0.764. The van der Waals surface area contributed by atoms with Gasteiger partial charge in [-0.05, 0) is 41.5 Å². The first-order valence-electron chi connectivity index (χ1n) is 16.0. The number of nitrogens with zero attached hydrogens (tertiary/aromatic N) is 2. The Labute approximate surface area is 274 Å². The van der Waals surface area contributed by atoms with Gasteiger partial charge in [0.2, 0.25) is 11.6 Å². The molecule has 0 amide bonds. The van der Waals surface area contributed by atoms with E-state index in [1.165, 1.54) is 0 Å². The van der Waals surface area contributed by atoms with Crippen molar-refractivity contribution in [2.75, 3.05) is 26.2 Å². The van der Waals surface area contributed by atoms with Crippen LogP contribution in [0.1, 0.15) is 91.5 Å². The molecule has 10 heteroatoms. The van der Waals surface area contributed by atoms with Crippen molar-refractivity contribution < 1.29 is 38.0 Å². The molecule has 2 aliphatic rings. The van der Waals surface area contributed by atoms with Crippen LogP contribution in [-0.4, -0.2) is 70.7 Å². The number of carbonyl (C=O) groups excluding carboxylic acids is 2. The smallest absolute Gasteiger partial charge is 0.320 e. The van der Waals surface area contributed by atoms with Crippen LogP contribution in [0.2, 0.25) is 0 Å². The highest BCUT2D eigenvalue weighted by molar-refractivity contribution is 5.72. The van der Waals surface area contributed by atoms with Crippen molar-refractivity contribution >= 4 is 11.9 Å². The highest BCUT2D eigenvalue weighted by Gasteiger charge is 2.32. The predicted molar refractivity (Wildman–Crippen MR) is 174 cm³/mol. The van der Waals surface area contributed by atoms with E-state index in [2.05, 4.69) is 0 Å². The first-order chi connectivity index (χ1) is 21.3. The number of benzene rings is 2. The molecule has 2 aromatic rings. The molecule has 0 atom stereocenters. The molecule has 0 N–H and O–H groups in total. The first kappa shape index (κ1) is 35.7. The van der Waals surface area contributed by atoms with Gasteiger partial charge in [-0.1, -0.05) is 36.4 Å². The minimum Gasteiger partial charge on any atom is -0.462 e. The Morgan fingerprint density at radius 1 is 0.674 bits per heavy atom. The lowest BCUT2D eigenvalue weighted by Gasteiger charge is -2.35. The molecule has 0 saturated heterocycles. The van der Waals surface area contributed by atoms with Crippen molar-refractivity contribution in [3.8, 4) is 11.5 Å². The Morgan fingerprint density at radius 2 is 1.04 bits per heavy atom. The zero-order chi connectivity index (χ0) is 33.9. The molecule has 0 spiro atoms. The third-order valence-electron chi connectivity index (χ3n) is 7.27. The van der Waals surface area contributed by atoms with Gasteiger partial charge in [0.15, 0.2) is 0 Å². The van der Waals surface area contributed by atoms with Crippen LogP contribution in [0.25, 0.3) is 0 Å². The number of para-hydroxylation sites is 2. The fourth-order valence-corrected chi connectivity index (χ4v) is 5.37. The van der Waals surface area contributed by atoms with E-state index in [9.17, 15) is 9.59 Å². The van der Waals surface area contributed by atoms with E-state index in [0.717, 1.165) is 33.8 Å². The Hall–Kier alpha value is -3.18. The average molecular weight is 641 g/mol. The normalized spacial score (nSPS) is 17.0. The lowest BCUT2D eigenvalue weighted by molar-refractivity contribution is -0.181. The Kier molecular flexibility index (Phi) is 10.8. The number of hydrogen-bond acceptors (Lipinski definition) is 10. The van der Waals surface area contributed by atoms with Crippen molar-refractivity contribution in [1.82, 2.24) is 9.80 Å². The van der Waals surface area contributed by atoms with E-state index in [1.807, 2.05) is 115 Å². The summed E-state index contributed by atoms with van der Waals surface area (Å²) in [5.74, 6) is -0.630. The first-order valence-corrected chi connectivity index (χ1v) is 16.0. The van der Waals surface area contributed by atoms with Crippen LogP contribution < -0.4 is 9.47 Å². The third-order valence-corrected chi connectivity index (χ3v) is 7.27. The second-order valence-corrected chi connectivity index (χ2v) is 15.0. The lowest BCUT2D eigenvalue weighted by Crippen LogP contribution is -2.42. The molecule has 10 nitrogen and oxygen atoms in total. The molecule has 4 rings (SSSR count). The van der Waals surface area contributed by atoms with Crippen LogP contribution >= 0.6 is 0 Å². The summed E-state index contributed by atoms with van der Waals surface area (Å²) in [5, 5.41) is 0. The van der Waals surface area contributed by atoms with Crippen molar-refractivity contribution in [1.29, 1.82) is 0 Å². The van der Waals surface area contributed by atoms with Gasteiger partial charge in [0.1, 0.15) is 22.7 Å². The molecule has 0 fully saturated rings. The van der Waals surface area contributed by atoms with E-state index in [-0.39, 0.29) is 25.0 Å². The van der Waals surface area contributed by atoms with Gasteiger partial charge < -0.3 is 28.4 Å². The van der Waals surface area contributed by atoms with Gasteiger partial charge >= 0.3 is 11.9 Å². The van der Waals surface area contributed by atoms with Crippen LogP contribution in [-0.2, 0) is 54.8 Å². The molecular weight excluding hydrogens is 588 g/mol. The van der Waals surface area contributed by atoms with E-state index in [0.29, 0.717) is 39.4 Å². The lowest BCUT2D eigenvalue weighted by atomic mass is 10.1. The predicted octanol–water partition coefficient (Wildman–Crippen LogP) is 5.96. The molecule has 2 aliphatic heterocycles. The molecule has 0 saturated carbocycles. The quantitative estimate of drug-likeness (QED) is 0.274. The standard InChI is InChI=1S/C36H52N2O8/c1-33(2,3)43-29(39)21-37(19-25-13-11-15-27-23-41-35(7,8)45-31(25)27)17-18-38(22-30(40)44-34(4,5)6)20-26-14-12-16-28-24-42-36(9,10)46-32(26)28/h11-16H,17-24H2,1-10H3. The third kappa shape index (κ3) is 10.7. The summed E-state index contributed by atoms with van der Waals surface area (Å²) in [6, 6.07) is 12.0. The number of carbonyl (C=O) groups is 2. The highest BCUT2D eigenvalue weighted by atomic mass is 16.7. The summed E-state index contributed by atoms with van der Waals surface area (Å²) in [7, 11) is 0. The average Bonchev–Trinajstić information content (AvgIpc) is 2.89. The van der Waals surface area contributed by atoms with Gasteiger partial charge in [0.05, 0.1) is 26.3 Å². The highest BCUT2D eigenvalue weighted by Crippen LogP contribution is 2.36. The topological polar surface area (TPSA) is 96.0 Å². The largest absolute Gasteiger partial charge is 0.462 e. The molecule has 0 unspecified atom stereocenters. The van der Waals surface area contributed by atoms with Gasteiger partial charge in [0.25, 0.3) is 0 Å². The minimum absolute atomic E-state index is 0.0660. The van der Waals surface area contributed by atoms with Crippen molar-refractivity contribution in [2.24, 2.45) is 0 Å². The second-order valence-electron chi connectivity index (χ2n) is 15.0. The molecule has 254 valence electrons. The molecule has 0 aliphatic carbocycles. The summed E-state index contributed by atoms with van der Waals surface area (Å²) in [4.78, 5) is 30.3. The number of hydrogen-bond donors (Lipinski definition) is 0. The van der Waals surface area contributed by atoms with Crippen molar-refractivity contribution in [2.45, 2.75) is 118 Å². The van der Waals surface area contributed by atoms with Crippen LogP contribution in [0, 0.1) is 0 Å². The maximum absolute atomic E-state index is 13.1. The summed E-state index contributed by atoms with van der Waals surface area (Å²) >= 11 is 0. The van der Waals surface area contributed by atoms with Gasteiger partial charge in [-0.25, -0.2) is 0 Å². The maximum atomic E-state index is 13.1. The molecule has 0 radical (unpaired) electrons. The molecule has 2 heterocycles. The molecular formula is C36H52N2O8. The van der Waals surface area contributed by atoms with E-state index in [4.69, 9.17) is 28.4 Å². The van der Waals surface area contributed by atoms with Gasteiger partial charge in [0, 0.05) is 76.1 Å². The molecule has 46 heavy (non-hydrogen) atoms. The molecule has 2 aromatic carbocycles. The van der Waals surface area contributed by atoms with Crippen LogP contribution in [0.3, 0.4) is 0 Å². The van der Waals surface area contributed by atoms with E-state index in [1.54, 1.807) is 0 Å². The zero-order valence-electron chi connectivity index (χ0n) is 29.3. The summed E-state index contributed by atoms with van der Waals surface area (Å²) in [6.07, 6.45) is 0.